The van der Waals surface area contributed by atoms with Gasteiger partial charge in [0, 0.05) is 5.56 Å². The highest BCUT2D eigenvalue weighted by Crippen LogP contribution is 2.38. The molecule has 1 amide bonds. The van der Waals surface area contributed by atoms with E-state index in [9.17, 15) is 9.59 Å². The monoisotopic (exact) mass is 393 g/mol. The maximum absolute atomic E-state index is 13.5. The number of carbonyl (C=O) groups is 1. The number of anilines is 2. The Labute approximate surface area is 167 Å². The molecule has 1 spiro atoms. The van der Waals surface area contributed by atoms with Crippen LogP contribution in [0.25, 0.3) is 11.1 Å². The van der Waals surface area contributed by atoms with Gasteiger partial charge in [0.05, 0.1) is 5.39 Å². The second-order valence-corrected chi connectivity index (χ2v) is 8.09. The number of nitrogens with zero attached hydrogens (tertiary/aromatic N) is 3. The minimum absolute atomic E-state index is 0.168. The molecule has 5 rings (SSSR count). The number of nitrogens with one attached hydrogen (secondary N) is 2. The summed E-state index contributed by atoms with van der Waals surface area (Å²) in [6.07, 6.45) is 6.06. The van der Waals surface area contributed by atoms with Crippen molar-refractivity contribution in [1.29, 1.82) is 0 Å². The molecule has 8 nitrogen and oxygen atoms in total. The molecule has 1 saturated carbocycles. The summed E-state index contributed by atoms with van der Waals surface area (Å²) in [6, 6.07) is 1.73. The topological polar surface area (TPSA) is 102 Å². The lowest BCUT2D eigenvalue weighted by atomic mass is 9.89. The zero-order chi connectivity index (χ0) is 20.3. The molecule has 1 fully saturated rings. The van der Waals surface area contributed by atoms with Gasteiger partial charge in [0.1, 0.15) is 34.9 Å². The van der Waals surface area contributed by atoms with Crippen molar-refractivity contribution in [1.82, 2.24) is 19.9 Å². The van der Waals surface area contributed by atoms with Gasteiger partial charge >= 0.3 is 0 Å². The molecule has 2 aliphatic rings. The SMILES string of the molecule is Cc1cc(Nc2ncnc3oc(C)c(C)c23)c(=O)n2c1C(=O)NC21CCCCC1. The number of rotatable bonds is 2. The molecule has 0 radical (unpaired) electrons. The van der Waals surface area contributed by atoms with E-state index in [-0.39, 0.29) is 11.5 Å². The van der Waals surface area contributed by atoms with Gasteiger partial charge in [-0.15, -0.1) is 0 Å². The van der Waals surface area contributed by atoms with Crippen LogP contribution in [0.4, 0.5) is 11.5 Å². The first kappa shape index (κ1) is 17.9. The van der Waals surface area contributed by atoms with E-state index in [0.29, 0.717) is 22.9 Å². The van der Waals surface area contributed by atoms with Crippen molar-refractivity contribution in [3.8, 4) is 0 Å². The van der Waals surface area contributed by atoms with Gasteiger partial charge in [-0.2, -0.15) is 0 Å². The van der Waals surface area contributed by atoms with Gasteiger partial charge < -0.3 is 15.1 Å². The second-order valence-electron chi connectivity index (χ2n) is 8.09. The fourth-order valence-electron chi connectivity index (χ4n) is 4.74. The first-order chi connectivity index (χ1) is 13.9. The van der Waals surface area contributed by atoms with Gasteiger partial charge in [-0.3, -0.25) is 14.2 Å². The predicted molar refractivity (Wildman–Crippen MR) is 109 cm³/mol. The first-order valence-corrected chi connectivity index (χ1v) is 9.99. The Hall–Kier alpha value is -3.16. The molecule has 4 heterocycles. The van der Waals surface area contributed by atoms with Crippen molar-refractivity contribution in [2.45, 2.75) is 58.5 Å². The number of pyridine rings is 1. The van der Waals surface area contributed by atoms with Crippen molar-refractivity contribution in [3.63, 3.8) is 0 Å². The predicted octanol–water partition coefficient (Wildman–Crippen LogP) is 3.41. The summed E-state index contributed by atoms with van der Waals surface area (Å²) in [6.45, 7) is 5.68. The molecule has 0 atom stereocenters. The summed E-state index contributed by atoms with van der Waals surface area (Å²) >= 11 is 0. The van der Waals surface area contributed by atoms with E-state index in [1.165, 1.54) is 6.33 Å². The molecule has 150 valence electrons. The average molecular weight is 393 g/mol. The number of hydrogen-bond donors (Lipinski definition) is 2. The van der Waals surface area contributed by atoms with Crippen LogP contribution >= 0.6 is 0 Å². The van der Waals surface area contributed by atoms with Crippen LogP contribution in [0.5, 0.6) is 0 Å². The normalized spacial score (nSPS) is 17.6. The third kappa shape index (κ3) is 2.51. The Kier molecular flexibility index (Phi) is 3.81. The highest BCUT2D eigenvalue weighted by Gasteiger charge is 2.45. The molecule has 2 N–H and O–H groups in total. The van der Waals surface area contributed by atoms with E-state index in [4.69, 9.17) is 4.42 Å². The average Bonchev–Trinajstić information content (AvgIpc) is 3.14. The quantitative estimate of drug-likeness (QED) is 0.692. The molecular formula is C21H23N5O3. The largest absolute Gasteiger partial charge is 0.443 e. The van der Waals surface area contributed by atoms with Crippen LogP contribution in [0.3, 0.4) is 0 Å². The smallest absolute Gasteiger partial charge is 0.276 e. The minimum atomic E-state index is -0.618. The zero-order valence-corrected chi connectivity index (χ0v) is 16.8. The molecule has 1 aliphatic heterocycles. The van der Waals surface area contributed by atoms with Crippen LogP contribution in [-0.2, 0) is 5.66 Å². The van der Waals surface area contributed by atoms with Crippen LogP contribution in [0.2, 0.25) is 0 Å². The van der Waals surface area contributed by atoms with Gasteiger partial charge in [0.2, 0.25) is 5.71 Å². The number of hydrogen-bond acceptors (Lipinski definition) is 6. The number of furan rings is 1. The number of amides is 1. The molecular weight excluding hydrogens is 370 g/mol. The van der Waals surface area contributed by atoms with E-state index in [1.807, 2.05) is 20.8 Å². The van der Waals surface area contributed by atoms with E-state index >= 15 is 0 Å². The van der Waals surface area contributed by atoms with E-state index < -0.39 is 5.66 Å². The van der Waals surface area contributed by atoms with E-state index in [1.54, 1.807) is 10.6 Å². The molecule has 8 heteroatoms. The number of aryl methyl sites for hydroxylation is 3. The van der Waals surface area contributed by atoms with Crippen LogP contribution in [0.1, 0.15) is 59.5 Å². The van der Waals surface area contributed by atoms with Gasteiger partial charge in [0.15, 0.2) is 0 Å². The highest BCUT2D eigenvalue weighted by molar-refractivity contribution is 5.97. The number of aromatic nitrogens is 3. The minimum Gasteiger partial charge on any atom is -0.443 e. The third-order valence-corrected chi connectivity index (χ3v) is 6.28. The summed E-state index contributed by atoms with van der Waals surface area (Å²) < 4.78 is 7.36. The lowest BCUT2D eigenvalue weighted by Crippen LogP contribution is -2.48. The van der Waals surface area contributed by atoms with Crippen LogP contribution in [0.15, 0.2) is 21.6 Å². The van der Waals surface area contributed by atoms with Gasteiger partial charge in [0.25, 0.3) is 11.5 Å². The number of carbonyl (C=O) groups excluding carboxylic acids is 1. The maximum Gasteiger partial charge on any atom is 0.276 e. The fraction of sp³-hybridized carbons (Fsp3) is 0.429. The molecule has 1 aliphatic carbocycles. The molecule has 29 heavy (non-hydrogen) atoms. The van der Waals surface area contributed by atoms with Crippen molar-refractivity contribution in [2.75, 3.05) is 5.32 Å². The van der Waals surface area contributed by atoms with Gasteiger partial charge in [-0.05, 0) is 58.1 Å². The number of fused-ring (bicyclic) bond motifs is 3. The van der Waals surface area contributed by atoms with Crippen molar-refractivity contribution < 1.29 is 9.21 Å². The van der Waals surface area contributed by atoms with Gasteiger partial charge in [-0.25, -0.2) is 9.97 Å². The Morgan fingerprint density at radius 3 is 2.66 bits per heavy atom. The standard InChI is InChI=1S/C21H23N5O3/c1-11-9-14(24-17-15-12(2)13(3)29-19(15)23-10-22-17)20(28)26-16(11)18(27)25-21(26)7-5-4-6-8-21/h9-10H,4-8H2,1-3H3,(H,25,27)(H,22,23,24). The van der Waals surface area contributed by atoms with Crippen LogP contribution in [-0.4, -0.2) is 20.4 Å². The summed E-state index contributed by atoms with van der Waals surface area (Å²) in [4.78, 5) is 34.7. The zero-order valence-electron chi connectivity index (χ0n) is 16.8. The van der Waals surface area contributed by atoms with Crippen LogP contribution < -0.4 is 16.2 Å². The molecule has 0 bridgehead atoms. The molecule has 3 aromatic heterocycles. The summed E-state index contributed by atoms with van der Waals surface area (Å²) in [7, 11) is 0. The second kappa shape index (κ2) is 6.17. The Bertz CT molecular complexity index is 1220. The third-order valence-electron chi connectivity index (χ3n) is 6.28. The highest BCUT2D eigenvalue weighted by atomic mass is 16.3. The van der Waals surface area contributed by atoms with Gasteiger partial charge in [-0.1, -0.05) is 6.42 Å². The van der Waals surface area contributed by atoms with Crippen molar-refractivity contribution in [2.24, 2.45) is 0 Å². The lowest BCUT2D eigenvalue weighted by molar-refractivity contribution is 0.0876. The Balaban J connectivity index is 1.67. The lowest BCUT2D eigenvalue weighted by Gasteiger charge is -2.35. The first-order valence-electron chi connectivity index (χ1n) is 9.99. The molecule has 3 aromatic rings. The van der Waals surface area contributed by atoms with E-state index in [0.717, 1.165) is 54.4 Å². The fourth-order valence-corrected chi connectivity index (χ4v) is 4.74. The molecule has 0 aromatic carbocycles. The summed E-state index contributed by atoms with van der Waals surface area (Å²) in [5, 5.41) is 7.06. The Morgan fingerprint density at radius 2 is 1.90 bits per heavy atom. The van der Waals surface area contributed by atoms with Crippen LogP contribution in [0, 0.1) is 20.8 Å². The Morgan fingerprint density at radius 1 is 1.14 bits per heavy atom. The van der Waals surface area contributed by atoms with Crippen molar-refractivity contribution in [3.05, 3.63) is 45.3 Å². The maximum atomic E-state index is 13.5. The van der Waals surface area contributed by atoms with E-state index in [2.05, 4.69) is 20.6 Å². The molecule has 0 unspecified atom stereocenters. The summed E-state index contributed by atoms with van der Waals surface area (Å²) in [5.41, 5.74) is 2.20. The summed E-state index contributed by atoms with van der Waals surface area (Å²) in [5.74, 6) is 1.12. The van der Waals surface area contributed by atoms with Crippen molar-refractivity contribution >= 4 is 28.5 Å². The molecule has 0 saturated heterocycles.